The van der Waals surface area contributed by atoms with E-state index in [0.29, 0.717) is 0 Å². The molecule has 1 unspecified atom stereocenters. The molecule has 0 bridgehead atoms. The van der Waals surface area contributed by atoms with Gasteiger partial charge in [0.05, 0.1) is 6.67 Å². The average molecular weight is 168 g/mol. The smallest absolute Gasteiger partial charge is 0.115 e. The van der Waals surface area contributed by atoms with Crippen molar-refractivity contribution in [2.75, 3.05) is 6.67 Å². The summed E-state index contributed by atoms with van der Waals surface area (Å²) in [5.74, 6) is 0.321. The Bertz CT molecular complexity index is 230. The molecule has 0 aliphatic carbocycles. The van der Waals surface area contributed by atoms with Crippen molar-refractivity contribution in [3.8, 4) is 5.75 Å². The topological polar surface area (TPSA) is 20.2 Å². The van der Waals surface area contributed by atoms with Gasteiger partial charge in [-0.15, -0.1) is 0 Å². The van der Waals surface area contributed by atoms with Gasteiger partial charge in [-0.05, 0) is 30.0 Å². The molecule has 66 valence electrons. The Labute approximate surface area is 71.9 Å². The number of alkyl halides is 1. The maximum atomic E-state index is 12.1. The first kappa shape index (κ1) is 9.04. The molecule has 0 fully saturated rings. The number of benzene rings is 1. The van der Waals surface area contributed by atoms with E-state index in [1.807, 2.05) is 19.1 Å². The second-order valence-electron chi connectivity index (χ2n) is 3.13. The number of hydrogen-bond acceptors (Lipinski definition) is 1. The Morgan fingerprint density at radius 1 is 1.33 bits per heavy atom. The molecule has 12 heavy (non-hydrogen) atoms. The average Bonchev–Trinajstić information content (AvgIpc) is 2.09. The van der Waals surface area contributed by atoms with Gasteiger partial charge in [0, 0.05) is 0 Å². The van der Waals surface area contributed by atoms with E-state index >= 15 is 0 Å². The molecule has 0 aliphatic rings. The minimum Gasteiger partial charge on any atom is -0.508 e. The highest BCUT2D eigenvalue weighted by atomic mass is 19.1. The van der Waals surface area contributed by atoms with E-state index in [0.717, 1.165) is 12.0 Å². The quantitative estimate of drug-likeness (QED) is 0.735. The normalized spacial score (nSPS) is 12.8. The van der Waals surface area contributed by atoms with E-state index in [-0.39, 0.29) is 18.3 Å². The minimum atomic E-state index is -0.291. The van der Waals surface area contributed by atoms with Crippen LogP contribution in [0.2, 0.25) is 0 Å². The van der Waals surface area contributed by atoms with Gasteiger partial charge in [-0.2, -0.15) is 0 Å². The van der Waals surface area contributed by atoms with Crippen LogP contribution in [0.4, 0.5) is 4.39 Å². The van der Waals surface area contributed by atoms with Gasteiger partial charge in [0.1, 0.15) is 5.75 Å². The van der Waals surface area contributed by atoms with Crippen LogP contribution in [-0.2, 0) is 6.42 Å². The van der Waals surface area contributed by atoms with Crippen molar-refractivity contribution in [2.24, 2.45) is 5.92 Å². The fourth-order valence-electron chi connectivity index (χ4n) is 1.09. The lowest BCUT2D eigenvalue weighted by molar-refractivity contribution is 0.381. The molecule has 0 amide bonds. The highest BCUT2D eigenvalue weighted by Gasteiger charge is 2.02. The summed E-state index contributed by atoms with van der Waals surface area (Å²) in [5, 5.41) is 8.97. The largest absolute Gasteiger partial charge is 0.508 e. The lowest BCUT2D eigenvalue weighted by Gasteiger charge is -2.05. The third-order valence-electron chi connectivity index (χ3n) is 1.78. The zero-order chi connectivity index (χ0) is 8.97. The zero-order valence-corrected chi connectivity index (χ0v) is 7.13. The predicted molar refractivity (Wildman–Crippen MR) is 46.9 cm³/mol. The summed E-state index contributed by atoms with van der Waals surface area (Å²) in [6, 6.07) is 6.89. The van der Waals surface area contributed by atoms with E-state index in [9.17, 15) is 4.39 Å². The van der Waals surface area contributed by atoms with Crippen LogP contribution < -0.4 is 0 Å². The van der Waals surface area contributed by atoms with Gasteiger partial charge in [-0.3, -0.25) is 4.39 Å². The first-order valence-corrected chi connectivity index (χ1v) is 4.06. The van der Waals surface area contributed by atoms with Crippen molar-refractivity contribution in [3.63, 3.8) is 0 Å². The third-order valence-corrected chi connectivity index (χ3v) is 1.78. The molecule has 0 saturated carbocycles. The highest BCUT2D eigenvalue weighted by molar-refractivity contribution is 5.26. The molecule has 0 aliphatic heterocycles. The van der Waals surface area contributed by atoms with Gasteiger partial charge < -0.3 is 5.11 Å². The van der Waals surface area contributed by atoms with E-state index < -0.39 is 0 Å². The number of aromatic hydroxyl groups is 1. The molecule has 1 aromatic carbocycles. The van der Waals surface area contributed by atoms with Crippen molar-refractivity contribution in [2.45, 2.75) is 13.3 Å². The molecular formula is C10H13FO. The molecule has 0 heterocycles. The fraction of sp³-hybridized carbons (Fsp3) is 0.400. The predicted octanol–water partition coefficient (Wildman–Crippen LogP) is 2.54. The van der Waals surface area contributed by atoms with Crippen molar-refractivity contribution < 1.29 is 9.50 Å². The molecule has 1 rings (SSSR count). The molecule has 0 aromatic heterocycles. The van der Waals surface area contributed by atoms with Crippen LogP contribution >= 0.6 is 0 Å². The van der Waals surface area contributed by atoms with Crippen LogP contribution in [0.3, 0.4) is 0 Å². The van der Waals surface area contributed by atoms with Gasteiger partial charge in [0.15, 0.2) is 0 Å². The van der Waals surface area contributed by atoms with Crippen LogP contribution in [0, 0.1) is 5.92 Å². The lowest BCUT2D eigenvalue weighted by atomic mass is 10.0. The molecule has 1 N–H and O–H groups in total. The molecule has 1 nitrogen and oxygen atoms in total. The first-order chi connectivity index (χ1) is 5.72. The number of phenols is 1. The van der Waals surface area contributed by atoms with E-state index in [1.165, 1.54) is 0 Å². The lowest BCUT2D eigenvalue weighted by Crippen LogP contribution is -2.00. The Kier molecular flexibility index (Phi) is 3.09. The van der Waals surface area contributed by atoms with Crippen molar-refractivity contribution in [1.29, 1.82) is 0 Å². The fourth-order valence-corrected chi connectivity index (χ4v) is 1.09. The molecule has 0 radical (unpaired) electrons. The summed E-state index contributed by atoms with van der Waals surface area (Å²) >= 11 is 0. The van der Waals surface area contributed by atoms with Crippen molar-refractivity contribution in [1.82, 2.24) is 0 Å². The monoisotopic (exact) mass is 168 g/mol. The first-order valence-electron chi connectivity index (χ1n) is 4.06. The van der Waals surface area contributed by atoms with E-state index in [4.69, 9.17) is 5.11 Å². The third kappa shape index (κ3) is 2.53. The summed E-state index contributed by atoms with van der Waals surface area (Å²) < 4.78 is 12.1. The van der Waals surface area contributed by atoms with Crippen molar-refractivity contribution >= 4 is 0 Å². The maximum Gasteiger partial charge on any atom is 0.115 e. The van der Waals surface area contributed by atoms with Gasteiger partial charge in [0.25, 0.3) is 0 Å². The van der Waals surface area contributed by atoms with Gasteiger partial charge in [-0.1, -0.05) is 19.1 Å². The van der Waals surface area contributed by atoms with Gasteiger partial charge in [-0.25, -0.2) is 0 Å². The number of rotatable bonds is 3. The van der Waals surface area contributed by atoms with E-state index in [2.05, 4.69) is 0 Å². The molecule has 2 heteroatoms. The number of halogens is 1. The van der Waals surface area contributed by atoms with Crippen molar-refractivity contribution in [3.05, 3.63) is 29.8 Å². The molecular weight excluding hydrogens is 155 g/mol. The summed E-state index contributed by atoms with van der Waals surface area (Å²) in [7, 11) is 0. The Morgan fingerprint density at radius 2 is 1.92 bits per heavy atom. The van der Waals surface area contributed by atoms with Crippen LogP contribution in [0.15, 0.2) is 24.3 Å². The standard InChI is InChI=1S/C10H13FO/c1-8(7-11)6-9-2-4-10(12)5-3-9/h2-5,8,12H,6-7H2,1H3. The Morgan fingerprint density at radius 3 is 2.42 bits per heavy atom. The molecule has 1 atom stereocenters. The highest BCUT2D eigenvalue weighted by Crippen LogP contribution is 2.13. The number of phenolic OH excluding ortho intramolecular Hbond substituents is 1. The van der Waals surface area contributed by atoms with Crippen LogP contribution in [-0.4, -0.2) is 11.8 Å². The minimum absolute atomic E-state index is 0.0644. The summed E-state index contributed by atoms with van der Waals surface area (Å²) in [6.45, 7) is 1.58. The van der Waals surface area contributed by atoms with Crippen LogP contribution in [0.1, 0.15) is 12.5 Å². The molecule has 1 aromatic rings. The van der Waals surface area contributed by atoms with Crippen LogP contribution in [0.5, 0.6) is 5.75 Å². The summed E-state index contributed by atoms with van der Waals surface area (Å²) in [6.07, 6.45) is 0.733. The zero-order valence-electron chi connectivity index (χ0n) is 7.13. The summed E-state index contributed by atoms with van der Waals surface area (Å²) in [4.78, 5) is 0. The Balaban J connectivity index is 2.58. The molecule has 0 saturated heterocycles. The second kappa shape index (κ2) is 4.10. The van der Waals surface area contributed by atoms with E-state index in [1.54, 1.807) is 12.1 Å². The van der Waals surface area contributed by atoms with Gasteiger partial charge in [0.2, 0.25) is 0 Å². The molecule has 0 spiro atoms. The SMILES string of the molecule is CC(CF)Cc1ccc(O)cc1. The van der Waals surface area contributed by atoms with Crippen LogP contribution in [0.25, 0.3) is 0 Å². The summed E-state index contributed by atoms with van der Waals surface area (Å²) in [5.41, 5.74) is 1.07. The maximum absolute atomic E-state index is 12.1. The van der Waals surface area contributed by atoms with Gasteiger partial charge >= 0.3 is 0 Å². The Hall–Kier alpha value is -1.05. The number of hydrogen-bond donors (Lipinski definition) is 1. The second-order valence-corrected chi connectivity index (χ2v) is 3.13.